The van der Waals surface area contributed by atoms with Gasteiger partial charge in [-0.25, -0.2) is 0 Å². The van der Waals surface area contributed by atoms with E-state index in [0.29, 0.717) is 0 Å². The van der Waals surface area contributed by atoms with Crippen molar-refractivity contribution in [2.24, 2.45) is 11.8 Å². The van der Waals surface area contributed by atoms with Gasteiger partial charge in [0.15, 0.2) is 0 Å². The van der Waals surface area contributed by atoms with E-state index in [9.17, 15) is 0 Å². The van der Waals surface area contributed by atoms with Gasteiger partial charge in [-0.05, 0) is 43.9 Å². The van der Waals surface area contributed by atoms with Gasteiger partial charge >= 0.3 is 0 Å². The minimum Gasteiger partial charge on any atom is -0.0819 e. The van der Waals surface area contributed by atoms with Crippen LogP contribution in [-0.4, -0.2) is 0 Å². The third kappa shape index (κ3) is 1.36. The molecule has 2 unspecified atom stereocenters. The fourth-order valence-corrected chi connectivity index (χ4v) is 2.61. The largest absolute Gasteiger partial charge is 0.0819 e. The summed E-state index contributed by atoms with van der Waals surface area (Å²) in [5, 5.41) is 0. The normalized spacial score (nSPS) is 34.5. The van der Waals surface area contributed by atoms with E-state index >= 15 is 0 Å². The number of fused-ring (bicyclic) bond motifs is 2. The van der Waals surface area contributed by atoms with E-state index in [2.05, 4.69) is 13.0 Å². The number of hydrogen-bond acceptors (Lipinski definition) is 0. The highest BCUT2D eigenvalue weighted by Crippen LogP contribution is 2.45. The molecule has 0 aromatic heterocycles. The summed E-state index contributed by atoms with van der Waals surface area (Å²) in [7, 11) is 0. The second-order valence-electron chi connectivity index (χ2n) is 4.12. The molecule has 0 aliphatic heterocycles. The van der Waals surface area contributed by atoms with Gasteiger partial charge in [0.2, 0.25) is 0 Å². The highest BCUT2D eigenvalue weighted by atomic mass is 14.4. The van der Waals surface area contributed by atoms with Gasteiger partial charge in [-0.3, -0.25) is 0 Å². The van der Waals surface area contributed by atoms with E-state index < -0.39 is 0 Å². The molecule has 2 atom stereocenters. The van der Waals surface area contributed by atoms with E-state index in [1.165, 1.54) is 38.5 Å². The summed E-state index contributed by atoms with van der Waals surface area (Å²) < 4.78 is 0. The van der Waals surface area contributed by atoms with Crippen LogP contribution >= 0.6 is 0 Å². The van der Waals surface area contributed by atoms with Gasteiger partial charge in [0.05, 0.1) is 0 Å². The highest BCUT2D eigenvalue weighted by molar-refractivity contribution is 5.19. The number of hydrogen-bond donors (Lipinski definition) is 0. The maximum absolute atomic E-state index is 2.57. The molecule has 0 amide bonds. The van der Waals surface area contributed by atoms with Crippen LogP contribution in [0, 0.1) is 11.8 Å². The zero-order chi connectivity index (χ0) is 7.68. The second kappa shape index (κ2) is 3.00. The van der Waals surface area contributed by atoms with E-state index in [1.807, 2.05) is 5.57 Å². The molecule has 2 rings (SSSR count). The maximum Gasteiger partial charge on any atom is -0.0197 e. The third-order valence-corrected chi connectivity index (χ3v) is 3.27. The first-order chi connectivity index (χ1) is 5.40. The minimum atomic E-state index is 0.992. The molecule has 0 saturated heterocycles. The molecule has 62 valence electrons. The summed E-state index contributed by atoms with van der Waals surface area (Å²) in [5.74, 6) is 2.01. The van der Waals surface area contributed by atoms with Crippen LogP contribution in [0.15, 0.2) is 11.6 Å². The lowest BCUT2D eigenvalue weighted by Crippen LogP contribution is -1.96. The van der Waals surface area contributed by atoms with Gasteiger partial charge in [0.1, 0.15) is 0 Å². The Morgan fingerprint density at radius 1 is 1.45 bits per heavy atom. The molecule has 11 heavy (non-hydrogen) atoms. The summed E-state index contributed by atoms with van der Waals surface area (Å²) in [4.78, 5) is 0. The molecule has 0 spiro atoms. The lowest BCUT2D eigenvalue weighted by molar-refractivity contribution is 0.609. The van der Waals surface area contributed by atoms with Gasteiger partial charge in [-0.2, -0.15) is 0 Å². The van der Waals surface area contributed by atoms with Crippen LogP contribution in [0.4, 0.5) is 0 Å². The minimum absolute atomic E-state index is 0.992. The fraction of sp³-hybridized carbons (Fsp3) is 0.818. The summed E-state index contributed by atoms with van der Waals surface area (Å²) in [6, 6.07) is 0. The average molecular weight is 150 g/mol. The zero-order valence-corrected chi connectivity index (χ0v) is 7.47. The van der Waals surface area contributed by atoms with Crippen molar-refractivity contribution in [2.45, 2.75) is 45.4 Å². The molecular weight excluding hydrogens is 132 g/mol. The van der Waals surface area contributed by atoms with Crippen LogP contribution < -0.4 is 0 Å². The Hall–Kier alpha value is -0.260. The Morgan fingerprint density at radius 3 is 2.91 bits per heavy atom. The molecule has 0 N–H and O–H groups in total. The molecule has 2 bridgehead atoms. The maximum atomic E-state index is 2.57. The van der Waals surface area contributed by atoms with Crippen molar-refractivity contribution >= 4 is 0 Å². The van der Waals surface area contributed by atoms with Gasteiger partial charge in [0.25, 0.3) is 0 Å². The van der Waals surface area contributed by atoms with Crippen molar-refractivity contribution in [1.82, 2.24) is 0 Å². The Bertz CT molecular complexity index is 167. The van der Waals surface area contributed by atoms with Crippen LogP contribution in [0.5, 0.6) is 0 Å². The molecule has 0 aromatic carbocycles. The quantitative estimate of drug-likeness (QED) is 0.540. The summed E-state index contributed by atoms with van der Waals surface area (Å²) in [5.41, 5.74) is 1.81. The third-order valence-electron chi connectivity index (χ3n) is 3.27. The van der Waals surface area contributed by atoms with Gasteiger partial charge in [-0.1, -0.05) is 25.0 Å². The van der Waals surface area contributed by atoms with E-state index in [4.69, 9.17) is 0 Å². The Labute approximate surface area is 69.7 Å². The van der Waals surface area contributed by atoms with Crippen LogP contribution in [0.2, 0.25) is 0 Å². The van der Waals surface area contributed by atoms with Crippen LogP contribution in [0.1, 0.15) is 45.4 Å². The molecule has 0 heteroatoms. The molecule has 2 aliphatic carbocycles. The zero-order valence-electron chi connectivity index (χ0n) is 7.47. The lowest BCUT2D eigenvalue weighted by atomic mass is 9.94. The van der Waals surface area contributed by atoms with E-state index in [0.717, 1.165) is 11.8 Å². The predicted octanol–water partition coefficient (Wildman–Crippen LogP) is 3.53. The lowest BCUT2D eigenvalue weighted by Gasteiger charge is -2.11. The second-order valence-corrected chi connectivity index (χ2v) is 4.12. The summed E-state index contributed by atoms with van der Waals surface area (Å²) in [6.07, 6.45) is 11.2. The fourth-order valence-electron chi connectivity index (χ4n) is 2.61. The van der Waals surface area contributed by atoms with Gasteiger partial charge < -0.3 is 0 Å². The Kier molecular flexibility index (Phi) is 2.02. The number of allylic oxidation sites excluding steroid dienone is 2. The SMILES string of the molecule is CCCCC1=CC2CCC1C2. The predicted molar refractivity (Wildman–Crippen MR) is 48.4 cm³/mol. The molecule has 0 heterocycles. The van der Waals surface area contributed by atoms with Crippen molar-refractivity contribution in [2.75, 3.05) is 0 Å². The first-order valence-corrected chi connectivity index (χ1v) is 5.10. The Balaban J connectivity index is 1.90. The van der Waals surface area contributed by atoms with Gasteiger partial charge in [-0.15, -0.1) is 0 Å². The van der Waals surface area contributed by atoms with Crippen LogP contribution in [0.25, 0.3) is 0 Å². The average Bonchev–Trinajstić information content (AvgIpc) is 2.60. The first-order valence-electron chi connectivity index (χ1n) is 5.10. The standard InChI is InChI=1S/C11H18/c1-2-3-4-10-7-9-5-6-11(10)8-9/h7,9,11H,2-6,8H2,1H3. The van der Waals surface area contributed by atoms with Crippen LogP contribution in [0.3, 0.4) is 0 Å². The molecule has 1 saturated carbocycles. The van der Waals surface area contributed by atoms with Crippen molar-refractivity contribution in [3.05, 3.63) is 11.6 Å². The van der Waals surface area contributed by atoms with Crippen molar-refractivity contribution in [1.29, 1.82) is 0 Å². The first kappa shape index (κ1) is 7.39. The summed E-state index contributed by atoms with van der Waals surface area (Å²) >= 11 is 0. The monoisotopic (exact) mass is 150 g/mol. The van der Waals surface area contributed by atoms with Crippen molar-refractivity contribution < 1.29 is 0 Å². The number of unbranched alkanes of at least 4 members (excludes halogenated alkanes) is 1. The van der Waals surface area contributed by atoms with Crippen LogP contribution in [-0.2, 0) is 0 Å². The molecule has 0 aromatic rings. The smallest absolute Gasteiger partial charge is 0.0197 e. The van der Waals surface area contributed by atoms with E-state index in [1.54, 1.807) is 0 Å². The highest BCUT2D eigenvalue weighted by Gasteiger charge is 2.31. The topological polar surface area (TPSA) is 0 Å². The van der Waals surface area contributed by atoms with Gasteiger partial charge in [0, 0.05) is 0 Å². The molecule has 2 aliphatic rings. The summed E-state index contributed by atoms with van der Waals surface area (Å²) in [6.45, 7) is 2.29. The molecular formula is C11H18. The van der Waals surface area contributed by atoms with Crippen molar-refractivity contribution in [3.8, 4) is 0 Å². The number of rotatable bonds is 3. The van der Waals surface area contributed by atoms with E-state index in [-0.39, 0.29) is 0 Å². The van der Waals surface area contributed by atoms with Crippen molar-refractivity contribution in [3.63, 3.8) is 0 Å². The Morgan fingerprint density at radius 2 is 2.36 bits per heavy atom. The molecule has 1 fully saturated rings. The molecule has 0 radical (unpaired) electrons. The molecule has 0 nitrogen and oxygen atoms in total.